The Labute approximate surface area is 206 Å². The number of carbonyl (C=O) groups excluding carboxylic acids is 1. The number of non-ortho nitro benzene ring substituents is 1. The smallest absolute Gasteiger partial charge is 0.416 e. The van der Waals surface area contributed by atoms with Gasteiger partial charge in [-0.2, -0.15) is 26.3 Å². The highest BCUT2D eigenvalue weighted by molar-refractivity contribution is 5.72. The lowest BCUT2D eigenvalue weighted by Crippen LogP contribution is -2.38. The minimum atomic E-state index is -5.06. The van der Waals surface area contributed by atoms with E-state index in [0.29, 0.717) is 49.7 Å². The Morgan fingerprint density at radius 2 is 1.59 bits per heavy atom. The summed E-state index contributed by atoms with van der Waals surface area (Å²) in [6, 6.07) is 4.20. The number of nitrogens with zero attached hydrogens (tertiary/aromatic N) is 3. The minimum Gasteiger partial charge on any atom is -0.439 e. The van der Waals surface area contributed by atoms with E-state index in [1.54, 1.807) is 0 Å². The maximum Gasteiger partial charge on any atom is 0.416 e. The standard InChI is InChI=1S/C23H21F6N3O5/c1-13-20(14-8-16(22(24,25)26)11-17(9-14)23(27,28)29)37-21(33)31(13)12-15-10-18(32(34)35)2-3-19(15)30-4-6-36-7-5-30/h2-3,8-11,13,20H,4-7,12H2,1H3/t13-,20-/m0/s1. The van der Waals surface area contributed by atoms with Crippen molar-refractivity contribution >= 4 is 17.5 Å². The first-order chi connectivity index (χ1) is 17.3. The van der Waals surface area contributed by atoms with Crippen molar-refractivity contribution in [2.45, 2.75) is 38.0 Å². The number of hydrogen-bond acceptors (Lipinski definition) is 6. The van der Waals surface area contributed by atoms with Gasteiger partial charge in [0.1, 0.15) is 6.10 Å². The predicted octanol–water partition coefficient (Wildman–Crippen LogP) is 5.55. The molecule has 2 atom stereocenters. The molecule has 4 rings (SSSR count). The van der Waals surface area contributed by atoms with E-state index in [2.05, 4.69) is 0 Å². The van der Waals surface area contributed by atoms with Crippen molar-refractivity contribution in [3.05, 3.63) is 68.8 Å². The van der Waals surface area contributed by atoms with Gasteiger partial charge >= 0.3 is 18.4 Å². The van der Waals surface area contributed by atoms with Gasteiger partial charge in [0, 0.05) is 36.5 Å². The third-order valence-corrected chi connectivity index (χ3v) is 6.30. The molecular formula is C23H21F6N3O5. The molecule has 0 spiro atoms. The second-order valence-electron chi connectivity index (χ2n) is 8.68. The summed E-state index contributed by atoms with van der Waals surface area (Å²) in [6.45, 7) is 3.01. The molecule has 0 aliphatic carbocycles. The lowest BCUT2D eigenvalue weighted by atomic mass is 9.97. The molecule has 2 aliphatic heterocycles. The first-order valence-corrected chi connectivity index (χ1v) is 11.1. The Morgan fingerprint density at radius 1 is 1.00 bits per heavy atom. The average Bonchev–Trinajstić information content (AvgIpc) is 3.11. The molecule has 2 heterocycles. The fourth-order valence-corrected chi connectivity index (χ4v) is 4.41. The van der Waals surface area contributed by atoms with Gasteiger partial charge in [0.05, 0.1) is 41.9 Å². The number of nitro benzene ring substituents is 1. The molecule has 2 saturated heterocycles. The molecule has 14 heteroatoms. The Balaban J connectivity index is 1.68. The van der Waals surface area contributed by atoms with E-state index in [0.717, 1.165) is 4.90 Å². The van der Waals surface area contributed by atoms with Crippen molar-refractivity contribution in [2.75, 3.05) is 31.2 Å². The van der Waals surface area contributed by atoms with Gasteiger partial charge in [-0.05, 0) is 36.8 Å². The third kappa shape index (κ3) is 5.58. The second kappa shape index (κ2) is 9.72. The molecule has 37 heavy (non-hydrogen) atoms. The van der Waals surface area contributed by atoms with E-state index in [4.69, 9.17) is 9.47 Å². The number of alkyl halides is 6. The summed E-state index contributed by atoms with van der Waals surface area (Å²) in [7, 11) is 0. The number of rotatable bonds is 5. The molecule has 2 aromatic rings. The predicted molar refractivity (Wildman–Crippen MR) is 117 cm³/mol. The van der Waals surface area contributed by atoms with Crippen LogP contribution in [0, 0.1) is 10.1 Å². The Kier molecular flexibility index (Phi) is 6.97. The number of carbonyl (C=O) groups is 1. The first kappa shape index (κ1) is 26.5. The molecular weight excluding hydrogens is 512 g/mol. The maximum absolute atomic E-state index is 13.3. The van der Waals surface area contributed by atoms with Gasteiger partial charge in [0.25, 0.3) is 5.69 Å². The Hall–Kier alpha value is -3.55. The summed E-state index contributed by atoms with van der Waals surface area (Å²) in [6.07, 6.45) is -12.5. The largest absolute Gasteiger partial charge is 0.439 e. The summed E-state index contributed by atoms with van der Waals surface area (Å²) in [5.74, 6) is 0. The molecule has 1 amide bonds. The Bertz CT molecular complexity index is 1160. The van der Waals surface area contributed by atoms with Crippen molar-refractivity contribution in [1.82, 2.24) is 4.90 Å². The van der Waals surface area contributed by atoms with Gasteiger partial charge in [-0.3, -0.25) is 15.0 Å². The van der Waals surface area contributed by atoms with E-state index in [-0.39, 0.29) is 18.3 Å². The van der Waals surface area contributed by atoms with E-state index in [1.165, 1.54) is 25.1 Å². The van der Waals surface area contributed by atoms with Crippen molar-refractivity contribution < 1.29 is 45.5 Å². The molecule has 0 aromatic heterocycles. The quantitative estimate of drug-likeness (QED) is 0.285. The second-order valence-corrected chi connectivity index (χ2v) is 8.68. The highest BCUT2D eigenvalue weighted by Gasteiger charge is 2.43. The molecule has 200 valence electrons. The molecule has 2 aliphatic rings. The van der Waals surface area contributed by atoms with Crippen LogP contribution < -0.4 is 4.90 Å². The van der Waals surface area contributed by atoms with Gasteiger partial charge in [-0.15, -0.1) is 0 Å². The molecule has 0 saturated carbocycles. The van der Waals surface area contributed by atoms with Crippen molar-refractivity contribution in [3.63, 3.8) is 0 Å². The Morgan fingerprint density at radius 3 is 2.14 bits per heavy atom. The zero-order chi connectivity index (χ0) is 27.1. The van der Waals surface area contributed by atoms with E-state index < -0.39 is 52.2 Å². The number of amides is 1. The van der Waals surface area contributed by atoms with Gasteiger partial charge < -0.3 is 14.4 Å². The number of nitro groups is 1. The van der Waals surface area contributed by atoms with Crippen LogP contribution in [0.1, 0.15) is 35.3 Å². The molecule has 0 radical (unpaired) electrons. The lowest BCUT2D eigenvalue weighted by Gasteiger charge is -2.31. The zero-order valence-electron chi connectivity index (χ0n) is 19.3. The fraction of sp³-hybridized carbons (Fsp3) is 0.435. The highest BCUT2D eigenvalue weighted by atomic mass is 19.4. The van der Waals surface area contributed by atoms with Crippen molar-refractivity contribution in [1.29, 1.82) is 0 Å². The summed E-state index contributed by atoms with van der Waals surface area (Å²) in [4.78, 5) is 26.5. The monoisotopic (exact) mass is 533 g/mol. The van der Waals surface area contributed by atoms with Crippen LogP contribution in [0.2, 0.25) is 0 Å². The van der Waals surface area contributed by atoms with Crippen molar-refractivity contribution in [3.8, 4) is 0 Å². The molecule has 2 fully saturated rings. The zero-order valence-corrected chi connectivity index (χ0v) is 19.3. The molecule has 0 unspecified atom stereocenters. The highest BCUT2D eigenvalue weighted by Crippen LogP contribution is 2.41. The van der Waals surface area contributed by atoms with Crippen LogP contribution in [-0.2, 0) is 28.4 Å². The van der Waals surface area contributed by atoms with Crippen LogP contribution in [-0.4, -0.2) is 48.3 Å². The van der Waals surface area contributed by atoms with Gasteiger partial charge in [-0.1, -0.05) is 0 Å². The van der Waals surface area contributed by atoms with Crippen LogP contribution in [0.4, 0.5) is 42.5 Å². The van der Waals surface area contributed by atoms with Crippen LogP contribution in [0.25, 0.3) is 0 Å². The number of morpholine rings is 1. The van der Waals surface area contributed by atoms with Crippen LogP contribution in [0.3, 0.4) is 0 Å². The van der Waals surface area contributed by atoms with Gasteiger partial charge in [-0.25, -0.2) is 4.79 Å². The number of halogens is 6. The van der Waals surface area contributed by atoms with Crippen molar-refractivity contribution in [2.24, 2.45) is 0 Å². The molecule has 2 aromatic carbocycles. The van der Waals surface area contributed by atoms with Gasteiger partial charge in [0.2, 0.25) is 0 Å². The number of anilines is 1. The van der Waals surface area contributed by atoms with Crippen LogP contribution in [0.15, 0.2) is 36.4 Å². The van der Waals surface area contributed by atoms with E-state index >= 15 is 0 Å². The summed E-state index contributed by atoms with van der Waals surface area (Å²) in [5, 5.41) is 11.4. The SMILES string of the molecule is C[C@H]1[C@@H](c2cc(C(F)(F)F)cc(C(F)(F)F)c2)OC(=O)N1Cc1cc([N+](=O)[O-])ccc1N1CCOCC1. The van der Waals surface area contributed by atoms with Crippen LogP contribution in [0.5, 0.6) is 0 Å². The summed E-state index contributed by atoms with van der Waals surface area (Å²) < 4.78 is 90.5. The maximum atomic E-state index is 13.3. The minimum absolute atomic E-state index is 0.000416. The topological polar surface area (TPSA) is 85.1 Å². The fourth-order valence-electron chi connectivity index (χ4n) is 4.41. The van der Waals surface area contributed by atoms with Crippen LogP contribution >= 0.6 is 0 Å². The molecule has 8 nitrogen and oxygen atoms in total. The lowest BCUT2D eigenvalue weighted by molar-refractivity contribution is -0.384. The number of ether oxygens (including phenoxy) is 2. The third-order valence-electron chi connectivity index (χ3n) is 6.30. The first-order valence-electron chi connectivity index (χ1n) is 11.1. The summed E-state index contributed by atoms with van der Waals surface area (Å²) in [5.41, 5.74) is -2.77. The van der Waals surface area contributed by atoms with E-state index in [1.807, 2.05) is 4.90 Å². The molecule has 0 N–H and O–H groups in total. The average molecular weight is 533 g/mol. The normalized spacial score (nSPS) is 20.8. The number of cyclic esters (lactones) is 1. The summed E-state index contributed by atoms with van der Waals surface area (Å²) >= 11 is 0. The molecule has 0 bridgehead atoms. The van der Waals surface area contributed by atoms with E-state index in [9.17, 15) is 41.3 Å². The van der Waals surface area contributed by atoms with Gasteiger partial charge in [0.15, 0.2) is 0 Å². The number of hydrogen-bond donors (Lipinski definition) is 0. The number of benzene rings is 2.